The van der Waals surface area contributed by atoms with Crippen LogP contribution in [0.25, 0.3) is 0 Å². The van der Waals surface area contributed by atoms with E-state index < -0.39 is 5.54 Å². The van der Waals surface area contributed by atoms with E-state index in [1.54, 1.807) is 0 Å². The molecule has 11 heavy (non-hydrogen) atoms. The van der Waals surface area contributed by atoms with Crippen LogP contribution in [-0.4, -0.2) is 25.2 Å². The number of piperidine rings is 1. The van der Waals surface area contributed by atoms with Crippen LogP contribution in [0.5, 0.6) is 0 Å². The summed E-state index contributed by atoms with van der Waals surface area (Å²) in [6, 6.07) is 0. The molecule has 0 unspecified atom stereocenters. The van der Waals surface area contributed by atoms with E-state index in [9.17, 15) is 4.79 Å². The third kappa shape index (κ3) is 1.71. The molecule has 3 heteroatoms. The van der Waals surface area contributed by atoms with Crippen molar-refractivity contribution >= 4 is 5.97 Å². The summed E-state index contributed by atoms with van der Waals surface area (Å²) in [6.07, 6.45) is 3.16. The molecule has 1 aliphatic rings. The molecule has 1 heterocycles. The molecule has 1 saturated heterocycles. The molecule has 1 fully saturated rings. The normalized spacial score (nSPS) is 31.5. The minimum atomic E-state index is -0.424. The monoisotopic (exact) mass is 157 g/mol. The Balaban J connectivity index is 2.56. The Labute approximate surface area is 67.1 Å². The van der Waals surface area contributed by atoms with Crippen LogP contribution in [0.1, 0.15) is 26.2 Å². The van der Waals surface area contributed by atoms with E-state index in [0.29, 0.717) is 0 Å². The maximum Gasteiger partial charge on any atom is 0.325 e. The van der Waals surface area contributed by atoms with Gasteiger partial charge in [0.1, 0.15) is 5.54 Å². The molecule has 1 atom stereocenters. The highest BCUT2D eigenvalue weighted by atomic mass is 16.5. The van der Waals surface area contributed by atoms with Crippen LogP contribution in [-0.2, 0) is 9.53 Å². The lowest BCUT2D eigenvalue weighted by Gasteiger charge is -2.31. The molecule has 64 valence electrons. The topological polar surface area (TPSA) is 38.3 Å². The van der Waals surface area contributed by atoms with Gasteiger partial charge in [0.05, 0.1) is 7.11 Å². The van der Waals surface area contributed by atoms with Gasteiger partial charge < -0.3 is 10.1 Å². The van der Waals surface area contributed by atoms with E-state index in [-0.39, 0.29) is 5.97 Å². The number of nitrogens with one attached hydrogen (secondary N) is 1. The van der Waals surface area contributed by atoms with Crippen molar-refractivity contribution < 1.29 is 9.53 Å². The van der Waals surface area contributed by atoms with Crippen molar-refractivity contribution in [3.8, 4) is 0 Å². The lowest BCUT2D eigenvalue weighted by molar-refractivity contribution is -0.148. The lowest BCUT2D eigenvalue weighted by Crippen LogP contribution is -2.52. The first kappa shape index (κ1) is 8.53. The van der Waals surface area contributed by atoms with Gasteiger partial charge in [-0.2, -0.15) is 0 Å². The van der Waals surface area contributed by atoms with E-state index in [4.69, 9.17) is 4.74 Å². The molecule has 3 nitrogen and oxygen atoms in total. The largest absolute Gasteiger partial charge is 0.468 e. The quantitative estimate of drug-likeness (QED) is 0.569. The van der Waals surface area contributed by atoms with Crippen LogP contribution < -0.4 is 5.32 Å². The molecule has 0 bridgehead atoms. The van der Waals surface area contributed by atoms with Gasteiger partial charge in [0.25, 0.3) is 0 Å². The highest BCUT2D eigenvalue weighted by Gasteiger charge is 2.34. The van der Waals surface area contributed by atoms with E-state index in [1.807, 2.05) is 6.92 Å². The molecular formula is C8H15NO2. The smallest absolute Gasteiger partial charge is 0.325 e. The van der Waals surface area contributed by atoms with Crippen molar-refractivity contribution in [1.82, 2.24) is 5.32 Å². The molecule has 1 aliphatic heterocycles. The van der Waals surface area contributed by atoms with E-state index in [2.05, 4.69) is 5.32 Å². The summed E-state index contributed by atoms with van der Waals surface area (Å²) in [5.41, 5.74) is -0.424. The average molecular weight is 157 g/mol. The molecule has 0 aliphatic carbocycles. The van der Waals surface area contributed by atoms with Crippen molar-refractivity contribution in [2.45, 2.75) is 31.7 Å². The zero-order valence-corrected chi connectivity index (χ0v) is 7.14. The van der Waals surface area contributed by atoms with Crippen LogP contribution in [0.2, 0.25) is 0 Å². The molecule has 0 amide bonds. The third-order valence-electron chi connectivity index (χ3n) is 2.25. The molecule has 0 spiro atoms. The standard InChI is InChI=1S/C8H15NO2/c1-8(7(10)11-2)5-3-4-6-9-8/h9H,3-6H2,1-2H3/t8-/m0/s1. The fourth-order valence-corrected chi connectivity index (χ4v) is 1.46. The molecule has 0 aromatic rings. The Kier molecular flexibility index (Phi) is 2.49. The lowest BCUT2D eigenvalue weighted by atomic mass is 9.91. The Hall–Kier alpha value is -0.570. The van der Waals surface area contributed by atoms with Crippen LogP contribution >= 0.6 is 0 Å². The van der Waals surface area contributed by atoms with E-state index in [0.717, 1.165) is 25.8 Å². The van der Waals surface area contributed by atoms with Crippen LogP contribution in [0.4, 0.5) is 0 Å². The molecule has 0 saturated carbocycles. The van der Waals surface area contributed by atoms with Crippen molar-refractivity contribution in [2.24, 2.45) is 0 Å². The summed E-state index contributed by atoms with van der Waals surface area (Å²) in [7, 11) is 1.43. The predicted molar refractivity (Wildman–Crippen MR) is 42.3 cm³/mol. The Bertz CT molecular complexity index is 150. The van der Waals surface area contributed by atoms with Crippen molar-refractivity contribution in [3.63, 3.8) is 0 Å². The van der Waals surface area contributed by atoms with Gasteiger partial charge in [-0.3, -0.25) is 4.79 Å². The van der Waals surface area contributed by atoms with Gasteiger partial charge in [-0.05, 0) is 32.7 Å². The van der Waals surface area contributed by atoms with Gasteiger partial charge in [-0.1, -0.05) is 0 Å². The maximum absolute atomic E-state index is 11.2. The average Bonchev–Trinajstić information content (AvgIpc) is 2.04. The number of carbonyl (C=O) groups excluding carboxylic acids is 1. The van der Waals surface area contributed by atoms with Crippen LogP contribution in [0, 0.1) is 0 Å². The van der Waals surface area contributed by atoms with Crippen molar-refractivity contribution in [2.75, 3.05) is 13.7 Å². The first-order valence-electron chi connectivity index (χ1n) is 4.02. The fraction of sp³-hybridized carbons (Fsp3) is 0.875. The van der Waals surface area contributed by atoms with Gasteiger partial charge in [-0.25, -0.2) is 0 Å². The summed E-state index contributed by atoms with van der Waals surface area (Å²) in [5.74, 6) is -0.141. The highest BCUT2D eigenvalue weighted by molar-refractivity contribution is 5.80. The summed E-state index contributed by atoms with van der Waals surface area (Å²) in [4.78, 5) is 11.2. The first-order valence-corrected chi connectivity index (χ1v) is 4.02. The van der Waals surface area contributed by atoms with Gasteiger partial charge in [-0.15, -0.1) is 0 Å². The SMILES string of the molecule is COC(=O)[C@]1(C)CCCCN1. The number of hydrogen-bond acceptors (Lipinski definition) is 3. The number of ether oxygens (including phenoxy) is 1. The molecule has 0 aromatic carbocycles. The minimum Gasteiger partial charge on any atom is -0.468 e. The van der Waals surface area contributed by atoms with Crippen LogP contribution in [0.3, 0.4) is 0 Å². The van der Waals surface area contributed by atoms with Gasteiger partial charge in [0.15, 0.2) is 0 Å². The second kappa shape index (κ2) is 3.22. The molecule has 1 N–H and O–H groups in total. The van der Waals surface area contributed by atoms with Crippen molar-refractivity contribution in [1.29, 1.82) is 0 Å². The highest BCUT2D eigenvalue weighted by Crippen LogP contribution is 2.19. The fourth-order valence-electron chi connectivity index (χ4n) is 1.46. The summed E-state index contributed by atoms with van der Waals surface area (Å²) >= 11 is 0. The Morgan fingerprint density at radius 1 is 1.55 bits per heavy atom. The molecule has 0 aromatic heterocycles. The third-order valence-corrected chi connectivity index (χ3v) is 2.25. The van der Waals surface area contributed by atoms with Crippen LogP contribution in [0.15, 0.2) is 0 Å². The molecule has 0 radical (unpaired) electrons. The maximum atomic E-state index is 11.2. The number of methoxy groups -OCH3 is 1. The van der Waals surface area contributed by atoms with E-state index in [1.165, 1.54) is 7.11 Å². The van der Waals surface area contributed by atoms with Gasteiger partial charge >= 0.3 is 5.97 Å². The minimum absolute atomic E-state index is 0.141. The Morgan fingerprint density at radius 3 is 2.73 bits per heavy atom. The van der Waals surface area contributed by atoms with E-state index >= 15 is 0 Å². The molecule has 1 rings (SSSR count). The van der Waals surface area contributed by atoms with Gasteiger partial charge in [0.2, 0.25) is 0 Å². The first-order chi connectivity index (χ1) is 5.19. The summed E-state index contributed by atoms with van der Waals surface area (Å²) in [5, 5.41) is 3.17. The summed E-state index contributed by atoms with van der Waals surface area (Å²) in [6.45, 7) is 2.82. The number of rotatable bonds is 1. The Morgan fingerprint density at radius 2 is 2.27 bits per heavy atom. The zero-order chi connectivity index (χ0) is 8.32. The zero-order valence-electron chi connectivity index (χ0n) is 7.14. The summed E-state index contributed by atoms with van der Waals surface area (Å²) < 4.78 is 4.69. The number of hydrogen-bond donors (Lipinski definition) is 1. The second-order valence-corrected chi connectivity index (χ2v) is 3.21. The number of esters is 1. The predicted octanol–water partition coefficient (Wildman–Crippen LogP) is 0.692. The van der Waals surface area contributed by atoms with Crippen molar-refractivity contribution in [3.05, 3.63) is 0 Å². The number of carbonyl (C=O) groups is 1. The molecular weight excluding hydrogens is 142 g/mol. The van der Waals surface area contributed by atoms with Gasteiger partial charge in [0, 0.05) is 0 Å². The second-order valence-electron chi connectivity index (χ2n) is 3.21.